The number of nitrogens with one attached hydrogen (secondary N) is 1. The second kappa shape index (κ2) is 8.08. The lowest BCUT2D eigenvalue weighted by Gasteiger charge is -2.09. The third-order valence-electron chi connectivity index (χ3n) is 2.45. The van der Waals surface area contributed by atoms with Crippen molar-refractivity contribution in [1.82, 2.24) is 9.55 Å². The normalized spacial score (nSPS) is 10.8. The molecular weight excluding hydrogens is 218 g/mol. The molecule has 98 valence electrons. The lowest BCUT2D eigenvalue weighted by Crippen LogP contribution is -2.11. The van der Waals surface area contributed by atoms with Crippen LogP contribution in [0, 0.1) is 6.92 Å². The van der Waals surface area contributed by atoms with Crippen LogP contribution in [-0.4, -0.2) is 43.5 Å². The Morgan fingerprint density at radius 3 is 2.65 bits per heavy atom. The van der Waals surface area contributed by atoms with Gasteiger partial charge < -0.3 is 19.4 Å². The fourth-order valence-electron chi connectivity index (χ4n) is 1.65. The molecule has 0 spiro atoms. The Kier molecular flexibility index (Phi) is 6.65. The second-order valence-electron chi connectivity index (χ2n) is 4.02. The van der Waals surface area contributed by atoms with Gasteiger partial charge in [0, 0.05) is 46.7 Å². The molecule has 0 unspecified atom stereocenters. The highest BCUT2D eigenvalue weighted by Crippen LogP contribution is 2.09. The number of hydrogen-bond donors (Lipinski definition) is 1. The Hall–Kier alpha value is -1.07. The maximum atomic E-state index is 5.05. The molecule has 0 aliphatic heterocycles. The van der Waals surface area contributed by atoms with E-state index in [9.17, 15) is 0 Å². The summed E-state index contributed by atoms with van der Waals surface area (Å²) in [4.78, 5) is 4.46. The standard InChI is InChI=1S/C12H23N3O2/c1-11-10-15(7-5-9-17-3)12(14-11)13-6-4-8-16-2/h10H,4-9H2,1-3H3,(H,13,14). The summed E-state index contributed by atoms with van der Waals surface area (Å²) in [5.74, 6) is 0.940. The van der Waals surface area contributed by atoms with Crippen LogP contribution in [0.4, 0.5) is 5.95 Å². The quantitative estimate of drug-likeness (QED) is 0.668. The fraction of sp³-hybridized carbons (Fsp3) is 0.750. The lowest BCUT2D eigenvalue weighted by atomic mass is 10.4. The van der Waals surface area contributed by atoms with Crippen LogP contribution in [0.2, 0.25) is 0 Å². The number of aromatic nitrogens is 2. The first kappa shape index (κ1) is 14.0. The number of methoxy groups -OCH3 is 2. The average molecular weight is 241 g/mol. The maximum Gasteiger partial charge on any atom is 0.203 e. The van der Waals surface area contributed by atoms with Gasteiger partial charge in [-0.1, -0.05) is 0 Å². The van der Waals surface area contributed by atoms with Crippen molar-refractivity contribution < 1.29 is 9.47 Å². The Labute approximate surface area is 103 Å². The summed E-state index contributed by atoms with van der Waals surface area (Å²) in [5.41, 5.74) is 1.04. The molecule has 0 saturated carbocycles. The van der Waals surface area contributed by atoms with Crippen molar-refractivity contribution in [2.24, 2.45) is 0 Å². The highest BCUT2D eigenvalue weighted by Gasteiger charge is 2.04. The number of hydrogen-bond acceptors (Lipinski definition) is 4. The molecule has 0 atom stereocenters. The fourth-order valence-corrected chi connectivity index (χ4v) is 1.65. The highest BCUT2D eigenvalue weighted by molar-refractivity contribution is 5.28. The zero-order valence-electron chi connectivity index (χ0n) is 11.0. The minimum atomic E-state index is 0.774. The van der Waals surface area contributed by atoms with Gasteiger partial charge in [-0.25, -0.2) is 4.98 Å². The third kappa shape index (κ3) is 5.19. The number of rotatable bonds is 9. The molecule has 0 aliphatic rings. The summed E-state index contributed by atoms with van der Waals surface area (Å²) < 4.78 is 12.2. The Morgan fingerprint density at radius 2 is 1.94 bits per heavy atom. The topological polar surface area (TPSA) is 48.3 Å². The van der Waals surface area contributed by atoms with Crippen LogP contribution < -0.4 is 5.32 Å². The van der Waals surface area contributed by atoms with Crippen molar-refractivity contribution in [3.63, 3.8) is 0 Å². The van der Waals surface area contributed by atoms with E-state index in [-0.39, 0.29) is 0 Å². The number of ether oxygens (including phenoxy) is 2. The predicted molar refractivity (Wildman–Crippen MR) is 68.4 cm³/mol. The van der Waals surface area contributed by atoms with Crippen LogP contribution in [0.1, 0.15) is 18.5 Å². The largest absolute Gasteiger partial charge is 0.385 e. The van der Waals surface area contributed by atoms with Crippen LogP contribution in [-0.2, 0) is 16.0 Å². The van der Waals surface area contributed by atoms with Gasteiger partial charge in [0.05, 0.1) is 5.69 Å². The molecule has 0 aromatic carbocycles. The number of nitrogens with zero attached hydrogens (tertiary/aromatic N) is 2. The summed E-state index contributed by atoms with van der Waals surface area (Å²) in [6.45, 7) is 5.37. The number of anilines is 1. The van der Waals surface area contributed by atoms with Gasteiger partial charge in [0.2, 0.25) is 5.95 Å². The molecule has 1 aromatic rings. The van der Waals surface area contributed by atoms with Crippen molar-refractivity contribution in [2.45, 2.75) is 26.3 Å². The van der Waals surface area contributed by atoms with E-state index in [2.05, 4.69) is 21.1 Å². The van der Waals surface area contributed by atoms with Gasteiger partial charge in [-0.05, 0) is 19.8 Å². The van der Waals surface area contributed by atoms with Gasteiger partial charge in [-0.15, -0.1) is 0 Å². The molecular formula is C12H23N3O2. The van der Waals surface area contributed by atoms with Crippen molar-refractivity contribution in [2.75, 3.05) is 39.3 Å². The molecule has 1 heterocycles. The monoisotopic (exact) mass is 241 g/mol. The first-order chi connectivity index (χ1) is 8.27. The molecule has 5 nitrogen and oxygen atoms in total. The average Bonchev–Trinajstić information content (AvgIpc) is 2.66. The van der Waals surface area contributed by atoms with Gasteiger partial charge in [-0.2, -0.15) is 0 Å². The van der Waals surface area contributed by atoms with E-state index in [1.54, 1.807) is 14.2 Å². The molecule has 0 aliphatic carbocycles. The van der Waals surface area contributed by atoms with Crippen LogP contribution in [0.25, 0.3) is 0 Å². The zero-order chi connectivity index (χ0) is 12.5. The SMILES string of the molecule is COCCCNc1nc(C)cn1CCCOC. The van der Waals surface area contributed by atoms with Crippen molar-refractivity contribution in [3.05, 3.63) is 11.9 Å². The Balaban J connectivity index is 2.40. The summed E-state index contributed by atoms with van der Waals surface area (Å²) in [6, 6.07) is 0. The minimum absolute atomic E-state index is 0.774. The van der Waals surface area contributed by atoms with Gasteiger partial charge >= 0.3 is 0 Å². The van der Waals surface area contributed by atoms with Crippen LogP contribution in [0.15, 0.2) is 6.20 Å². The molecule has 0 bridgehead atoms. The van der Waals surface area contributed by atoms with Gasteiger partial charge in [0.15, 0.2) is 0 Å². The molecule has 5 heteroatoms. The van der Waals surface area contributed by atoms with Crippen molar-refractivity contribution in [1.29, 1.82) is 0 Å². The first-order valence-corrected chi connectivity index (χ1v) is 6.03. The summed E-state index contributed by atoms with van der Waals surface area (Å²) in [7, 11) is 3.44. The maximum absolute atomic E-state index is 5.05. The Bertz CT molecular complexity index is 313. The molecule has 1 aromatic heterocycles. The number of imidazole rings is 1. The van der Waals surface area contributed by atoms with Crippen molar-refractivity contribution >= 4 is 5.95 Å². The highest BCUT2D eigenvalue weighted by atomic mass is 16.5. The molecule has 17 heavy (non-hydrogen) atoms. The molecule has 1 rings (SSSR count). The molecule has 0 fully saturated rings. The molecule has 1 N–H and O–H groups in total. The van der Waals surface area contributed by atoms with E-state index in [0.717, 1.165) is 50.8 Å². The van der Waals surface area contributed by atoms with Crippen molar-refractivity contribution in [3.8, 4) is 0 Å². The van der Waals surface area contributed by atoms with E-state index in [1.807, 2.05) is 6.92 Å². The van der Waals surface area contributed by atoms with E-state index in [4.69, 9.17) is 9.47 Å². The van der Waals surface area contributed by atoms with Gasteiger partial charge in [0.1, 0.15) is 0 Å². The van der Waals surface area contributed by atoms with E-state index < -0.39 is 0 Å². The molecule has 0 amide bonds. The Morgan fingerprint density at radius 1 is 1.24 bits per heavy atom. The number of aryl methyl sites for hydroxylation is 2. The lowest BCUT2D eigenvalue weighted by molar-refractivity contribution is 0.190. The predicted octanol–water partition coefficient (Wildman–Crippen LogP) is 1.68. The summed E-state index contributed by atoms with van der Waals surface area (Å²) >= 11 is 0. The second-order valence-corrected chi connectivity index (χ2v) is 4.02. The zero-order valence-corrected chi connectivity index (χ0v) is 11.0. The molecule has 0 radical (unpaired) electrons. The van der Waals surface area contributed by atoms with Gasteiger partial charge in [0.25, 0.3) is 0 Å². The summed E-state index contributed by atoms with van der Waals surface area (Å²) in [5, 5.41) is 3.33. The summed E-state index contributed by atoms with van der Waals surface area (Å²) in [6.07, 6.45) is 4.05. The van der Waals surface area contributed by atoms with Crippen LogP contribution in [0.3, 0.4) is 0 Å². The third-order valence-corrected chi connectivity index (χ3v) is 2.45. The molecule has 0 saturated heterocycles. The van der Waals surface area contributed by atoms with E-state index in [0.29, 0.717) is 0 Å². The van der Waals surface area contributed by atoms with Crippen LogP contribution in [0.5, 0.6) is 0 Å². The first-order valence-electron chi connectivity index (χ1n) is 6.03. The van der Waals surface area contributed by atoms with Gasteiger partial charge in [-0.3, -0.25) is 0 Å². The van der Waals surface area contributed by atoms with E-state index >= 15 is 0 Å². The smallest absolute Gasteiger partial charge is 0.203 e. The van der Waals surface area contributed by atoms with Crippen LogP contribution >= 0.6 is 0 Å². The minimum Gasteiger partial charge on any atom is -0.385 e. The van der Waals surface area contributed by atoms with E-state index in [1.165, 1.54) is 0 Å².